The number of amides is 4. The monoisotopic (exact) mass is 992 g/mol. The first-order valence-corrected chi connectivity index (χ1v) is 25.0. The second-order valence-corrected chi connectivity index (χ2v) is 21.6. The highest BCUT2D eigenvalue weighted by Crippen LogP contribution is 2.49. The number of ether oxygens (including phenoxy) is 1. The Kier molecular flexibility index (Phi) is 13.1. The SMILES string of the molecule is CC1(C)CN(C(=O)OCC(=O)N2CCC(CN3CCN(c4c(F)cc(NC5CCC(=O)NC5=O)cc4F)CC3)CC2)CC[C@@H]1c1cnc(-c2c(-c3nn(C(C)(C)C)c4ncnc(N)c34)noc2C2CC2)nc1. The maximum absolute atomic E-state index is 15.3. The van der Waals surface area contributed by atoms with Gasteiger partial charge in [0.1, 0.15) is 35.3 Å². The molecule has 5 aliphatic rings. The number of hydrogen-bond donors (Lipinski definition) is 3. The van der Waals surface area contributed by atoms with Crippen LogP contribution in [0.25, 0.3) is 33.8 Å². The molecule has 1 aromatic carbocycles. The van der Waals surface area contributed by atoms with Gasteiger partial charge < -0.3 is 35.0 Å². The Morgan fingerprint density at radius 2 is 1.60 bits per heavy atom. The molecule has 4 N–H and O–H groups in total. The summed E-state index contributed by atoms with van der Waals surface area (Å²) in [6.45, 7) is 14.9. The molecule has 72 heavy (non-hydrogen) atoms. The average molecular weight is 993 g/mol. The van der Waals surface area contributed by atoms with Crippen LogP contribution in [0, 0.1) is 23.0 Å². The summed E-state index contributed by atoms with van der Waals surface area (Å²) in [5.74, 6) is -0.479. The second-order valence-electron chi connectivity index (χ2n) is 21.6. The highest BCUT2D eigenvalue weighted by molar-refractivity contribution is 6.02. The van der Waals surface area contributed by atoms with E-state index in [2.05, 4.69) is 44.5 Å². The van der Waals surface area contributed by atoms with Crippen molar-refractivity contribution in [3.63, 3.8) is 0 Å². The van der Waals surface area contributed by atoms with E-state index >= 15 is 8.78 Å². The van der Waals surface area contributed by atoms with E-state index in [4.69, 9.17) is 30.1 Å². The molecule has 22 heteroatoms. The van der Waals surface area contributed by atoms with Crippen LogP contribution in [-0.2, 0) is 24.7 Å². The van der Waals surface area contributed by atoms with Gasteiger partial charge in [0.25, 0.3) is 5.91 Å². The molecule has 10 rings (SSSR count). The number of hydrogen-bond acceptors (Lipinski definition) is 16. The highest BCUT2D eigenvalue weighted by atomic mass is 19.1. The number of halogens is 2. The van der Waals surface area contributed by atoms with E-state index < -0.39 is 35.2 Å². The number of benzene rings is 1. The number of imide groups is 1. The Morgan fingerprint density at radius 1 is 0.903 bits per heavy atom. The van der Waals surface area contributed by atoms with Crippen LogP contribution in [0.1, 0.15) is 103 Å². The number of nitrogens with one attached hydrogen (secondary N) is 2. The molecule has 4 aliphatic heterocycles. The molecule has 382 valence electrons. The van der Waals surface area contributed by atoms with Crippen LogP contribution in [0.3, 0.4) is 0 Å². The van der Waals surface area contributed by atoms with Gasteiger partial charge in [0.15, 0.2) is 35.5 Å². The number of carbonyl (C=O) groups is 4. The van der Waals surface area contributed by atoms with Crippen LogP contribution in [0.5, 0.6) is 0 Å². The van der Waals surface area contributed by atoms with E-state index in [9.17, 15) is 19.2 Å². The lowest BCUT2D eigenvalue weighted by Gasteiger charge is -2.43. The Bertz CT molecular complexity index is 2860. The molecule has 4 amide bonds. The largest absolute Gasteiger partial charge is 0.439 e. The summed E-state index contributed by atoms with van der Waals surface area (Å²) >= 11 is 0. The molecule has 5 fully saturated rings. The van der Waals surface area contributed by atoms with E-state index in [-0.39, 0.29) is 65.7 Å². The van der Waals surface area contributed by atoms with Gasteiger partial charge in [-0.1, -0.05) is 19.0 Å². The van der Waals surface area contributed by atoms with Crippen LogP contribution in [0.4, 0.5) is 30.8 Å². The molecule has 4 aromatic heterocycles. The van der Waals surface area contributed by atoms with Crippen LogP contribution >= 0.6 is 0 Å². The van der Waals surface area contributed by atoms with Gasteiger partial charge in [0, 0.05) is 89.3 Å². The number of nitrogens with zero attached hydrogens (tertiary/aromatic N) is 11. The lowest BCUT2D eigenvalue weighted by Crippen LogP contribution is -2.50. The van der Waals surface area contributed by atoms with Crippen molar-refractivity contribution >= 4 is 52.0 Å². The van der Waals surface area contributed by atoms with Crippen LogP contribution in [-0.4, -0.2) is 145 Å². The van der Waals surface area contributed by atoms with Crippen molar-refractivity contribution in [3.05, 3.63) is 53.8 Å². The fourth-order valence-corrected chi connectivity index (χ4v) is 10.9. The van der Waals surface area contributed by atoms with Crippen LogP contribution in [0.2, 0.25) is 0 Å². The van der Waals surface area contributed by atoms with Gasteiger partial charge in [-0.3, -0.25) is 24.6 Å². The first-order valence-electron chi connectivity index (χ1n) is 25.0. The van der Waals surface area contributed by atoms with E-state index in [1.165, 1.54) is 18.5 Å². The maximum Gasteiger partial charge on any atom is 0.410 e. The van der Waals surface area contributed by atoms with Crippen molar-refractivity contribution in [2.45, 2.75) is 103 Å². The number of fused-ring (bicyclic) bond motifs is 1. The number of nitrogen functional groups attached to an aromatic ring is 1. The van der Waals surface area contributed by atoms with Crippen LogP contribution < -0.4 is 21.3 Å². The summed E-state index contributed by atoms with van der Waals surface area (Å²) in [7, 11) is 0. The third kappa shape index (κ3) is 9.88. The normalized spacial score (nSPS) is 21.3. The molecule has 5 aromatic rings. The van der Waals surface area contributed by atoms with Gasteiger partial charge in [-0.05, 0) is 94.2 Å². The van der Waals surface area contributed by atoms with Crippen molar-refractivity contribution in [1.82, 2.24) is 54.9 Å². The van der Waals surface area contributed by atoms with Gasteiger partial charge >= 0.3 is 6.09 Å². The molecule has 0 bridgehead atoms. The minimum atomic E-state index is -0.747. The first kappa shape index (κ1) is 48.8. The van der Waals surface area contributed by atoms with Gasteiger partial charge in [0.05, 0.1) is 16.5 Å². The fraction of sp³-hybridized carbons (Fsp3) is 0.560. The fourth-order valence-electron chi connectivity index (χ4n) is 10.9. The lowest BCUT2D eigenvalue weighted by atomic mass is 9.71. The summed E-state index contributed by atoms with van der Waals surface area (Å²) in [6.07, 6.45) is 9.19. The summed E-state index contributed by atoms with van der Waals surface area (Å²) < 4.78 is 44.0. The molecule has 1 unspecified atom stereocenters. The highest BCUT2D eigenvalue weighted by Gasteiger charge is 2.41. The molecular formula is C50H62F2N14O6. The van der Waals surface area contributed by atoms with Gasteiger partial charge in [-0.25, -0.2) is 38.2 Å². The van der Waals surface area contributed by atoms with E-state index in [0.717, 1.165) is 43.6 Å². The summed E-state index contributed by atoms with van der Waals surface area (Å²) in [4.78, 5) is 76.3. The standard InChI is InChI=1S/C50H62F2N14O6/c1-49(2,3)66-46-39(44(53)56-27-57-46)40(60-66)41-38(43(72-61-41)29-6-7-29)45-54-22-30(23-55-45)32-12-15-65(26-50(32,4)5)48(70)71-25-37(68)63-13-10-28(11-14-63)24-62-16-18-64(19-17-62)42-33(51)20-31(21-34(42)52)58-35-8-9-36(67)59-47(35)69/h20-23,27-29,32,35,58H,6-19,24-26H2,1-5H3,(H2,53,56,57)(H,59,67,69)/t32-,35?/m1/s1. The van der Waals surface area contributed by atoms with E-state index in [1.807, 2.05) is 37.8 Å². The lowest BCUT2D eigenvalue weighted by molar-refractivity contribution is -0.136. The van der Waals surface area contributed by atoms with Crippen molar-refractivity contribution < 1.29 is 37.2 Å². The molecule has 20 nitrogen and oxygen atoms in total. The van der Waals surface area contributed by atoms with Gasteiger partial charge in [-0.2, -0.15) is 5.10 Å². The first-order chi connectivity index (χ1) is 34.4. The number of anilines is 3. The predicted octanol–water partition coefficient (Wildman–Crippen LogP) is 5.66. The zero-order valence-corrected chi connectivity index (χ0v) is 41.4. The maximum atomic E-state index is 15.3. The van der Waals surface area contributed by atoms with Gasteiger partial charge in [0.2, 0.25) is 11.8 Å². The molecule has 4 saturated heterocycles. The zero-order valence-electron chi connectivity index (χ0n) is 41.4. The molecule has 1 saturated carbocycles. The molecule has 1 aliphatic carbocycles. The van der Waals surface area contributed by atoms with E-state index in [1.54, 1.807) is 14.7 Å². The number of aromatic nitrogens is 7. The smallest absolute Gasteiger partial charge is 0.410 e. The minimum Gasteiger partial charge on any atom is -0.439 e. The quantitative estimate of drug-likeness (QED) is 0.135. The number of carbonyl (C=O) groups excluding carboxylic acids is 4. The summed E-state index contributed by atoms with van der Waals surface area (Å²) in [5.41, 5.74) is 8.92. The Hall–Kier alpha value is -6.84. The molecule has 0 radical (unpaired) electrons. The number of rotatable bonds is 11. The third-order valence-electron chi connectivity index (χ3n) is 14.9. The number of nitrogens with two attached hydrogens (primary N) is 1. The van der Waals surface area contributed by atoms with E-state index in [0.29, 0.717) is 98.5 Å². The molecule has 2 atom stereocenters. The molecular weight excluding hydrogens is 931 g/mol. The molecule has 0 spiro atoms. The average Bonchev–Trinajstić information content (AvgIpc) is 3.96. The van der Waals surface area contributed by atoms with Crippen molar-refractivity contribution in [2.75, 3.05) is 81.5 Å². The number of piperazine rings is 1. The summed E-state index contributed by atoms with van der Waals surface area (Å²) in [5, 5.41) is 15.2. The Morgan fingerprint density at radius 3 is 2.25 bits per heavy atom. The minimum absolute atomic E-state index is 0.0386. The topological polar surface area (TPSA) is 236 Å². The Balaban J connectivity index is 0.688. The van der Waals surface area contributed by atoms with Crippen molar-refractivity contribution in [3.8, 4) is 22.8 Å². The summed E-state index contributed by atoms with van der Waals surface area (Å²) in [6, 6.07) is 1.63. The zero-order chi connectivity index (χ0) is 50.6. The third-order valence-corrected chi connectivity index (χ3v) is 14.9. The number of piperidine rings is 3. The number of likely N-dealkylation sites (tertiary alicyclic amines) is 2. The second kappa shape index (κ2) is 19.3. The molecule has 8 heterocycles. The van der Waals surface area contributed by atoms with Crippen molar-refractivity contribution in [2.24, 2.45) is 11.3 Å². The van der Waals surface area contributed by atoms with Crippen LogP contribution in [0.15, 0.2) is 35.4 Å². The predicted molar refractivity (Wildman–Crippen MR) is 261 cm³/mol. The van der Waals surface area contributed by atoms with Crippen molar-refractivity contribution in [1.29, 1.82) is 0 Å². The Labute approximate surface area is 415 Å². The van der Waals surface area contributed by atoms with Gasteiger partial charge in [-0.15, -0.1) is 0 Å².